The number of ketones is 1. The van der Waals surface area contributed by atoms with Crippen molar-refractivity contribution in [1.29, 1.82) is 0 Å². The van der Waals surface area contributed by atoms with Gasteiger partial charge in [0.05, 0.1) is 17.5 Å². The number of rotatable bonds is 8. The maximum atomic E-state index is 13.9. The molecule has 4 rings (SSSR count). The summed E-state index contributed by atoms with van der Waals surface area (Å²) in [6, 6.07) is 12.2. The first-order chi connectivity index (χ1) is 16.8. The number of hydrogen-bond donors (Lipinski definition) is 0. The Bertz CT molecular complexity index is 1510. The van der Waals surface area contributed by atoms with E-state index in [9.17, 15) is 18.0 Å². The lowest BCUT2D eigenvalue weighted by atomic mass is 10.0. The van der Waals surface area contributed by atoms with E-state index < -0.39 is 21.7 Å². The molecule has 0 radical (unpaired) electrons. The fourth-order valence-electron chi connectivity index (χ4n) is 3.95. The lowest BCUT2D eigenvalue weighted by molar-refractivity contribution is 0.0764. The van der Waals surface area contributed by atoms with Gasteiger partial charge in [0.15, 0.2) is 0 Å². The van der Waals surface area contributed by atoms with Crippen molar-refractivity contribution in [2.24, 2.45) is 0 Å². The molecule has 0 aliphatic rings. The maximum absolute atomic E-state index is 13.9. The van der Waals surface area contributed by atoms with Crippen LogP contribution in [0, 0.1) is 0 Å². The lowest BCUT2D eigenvalue weighted by Crippen LogP contribution is -2.32. The minimum absolute atomic E-state index is 0.00553. The summed E-state index contributed by atoms with van der Waals surface area (Å²) >= 11 is 0. The number of benzene rings is 1. The minimum atomic E-state index is -4.15. The van der Waals surface area contributed by atoms with Crippen LogP contribution in [0.4, 0.5) is 0 Å². The first-order valence-corrected chi connectivity index (χ1v) is 12.4. The number of methoxy groups -OCH3 is 1. The standard InChI is InChI=1S/C25H24N4O5S/c1-4-28(5-2)25(31)22-19(11-14-27-24(22)34-3)23(30)21-15-17-16-26-13-12-20(17)29(21)35(32,33)18-9-7-6-8-10-18/h6-16H,4-5H2,1-3H3. The molecule has 9 nitrogen and oxygen atoms in total. The van der Waals surface area contributed by atoms with Crippen LogP contribution in [0.1, 0.15) is 40.3 Å². The molecule has 1 amide bonds. The van der Waals surface area contributed by atoms with Gasteiger partial charge in [0, 0.05) is 42.6 Å². The van der Waals surface area contributed by atoms with E-state index in [0.717, 1.165) is 3.97 Å². The third kappa shape index (κ3) is 4.17. The number of nitrogens with zero attached hydrogens (tertiary/aromatic N) is 4. The number of pyridine rings is 2. The predicted octanol–water partition coefficient (Wildman–Crippen LogP) is 3.39. The van der Waals surface area contributed by atoms with Gasteiger partial charge in [0.2, 0.25) is 11.7 Å². The molecule has 10 heteroatoms. The summed E-state index contributed by atoms with van der Waals surface area (Å²) in [5.41, 5.74) is 0.147. The number of carbonyl (C=O) groups is 2. The Morgan fingerprint density at radius 1 is 1.03 bits per heavy atom. The second-order valence-corrected chi connectivity index (χ2v) is 9.38. The fraction of sp³-hybridized carbons (Fsp3) is 0.200. The molecule has 3 aromatic heterocycles. The average Bonchev–Trinajstić information content (AvgIpc) is 3.29. The van der Waals surface area contributed by atoms with E-state index in [1.807, 2.05) is 13.8 Å². The van der Waals surface area contributed by atoms with E-state index in [1.165, 1.54) is 60.9 Å². The number of ether oxygens (including phenoxy) is 1. The van der Waals surface area contributed by atoms with Gasteiger partial charge in [0.25, 0.3) is 15.9 Å². The van der Waals surface area contributed by atoms with Crippen molar-refractivity contribution in [3.63, 3.8) is 0 Å². The van der Waals surface area contributed by atoms with Gasteiger partial charge in [-0.15, -0.1) is 0 Å². The van der Waals surface area contributed by atoms with Crippen molar-refractivity contribution in [2.75, 3.05) is 20.2 Å². The Morgan fingerprint density at radius 3 is 2.40 bits per heavy atom. The highest BCUT2D eigenvalue weighted by Crippen LogP contribution is 2.29. The van der Waals surface area contributed by atoms with Crippen LogP contribution < -0.4 is 4.74 Å². The van der Waals surface area contributed by atoms with Crippen molar-refractivity contribution < 1.29 is 22.7 Å². The second kappa shape index (κ2) is 9.67. The summed E-state index contributed by atoms with van der Waals surface area (Å²) in [7, 11) is -2.80. The topological polar surface area (TPSA) is 111 Å². The third-order valence-corrected chi connectivity index (χ3v) is 7.43. The molecule has 0 bridgehead atoms. The van der Waals surface area contributed by atoms with E-state index in [-0.39, 0.29) is 27.6 Å². The molecular weight excluding hydrogens is 468 g/mol. The molecule has 0 atom stereocenters. The Morgan fingerprint density at radius 2 is 1.74 bits per heavy atom. The van der Waals surface area contributed by atoms with Gasteiger partial charge in [-0.25, -0.2) is 17.4 Å². The SMILES string of the molecule is CCN(CC)C(=O)c1c(C(=O)c2cc3cnccc3n2S(=O)(=O)c2ccccc2)ccnc1OC. The van der Waals surface area contributed by atoms with Crippen LogP contribution in [0.25, 0.3) is 10.9 Å². The minimum Gasteiger partial charge on any atom is -0.480 e. The van der Waals surface area contributed by atoms with Gasteiger partial charge in [-0.3, -0.25) is 14.6 Å². The third-order valence-electron chi connectivity index (χ3n) is 5.69. The first kappa shape index (κ1) is 24.1. The highest BCUT2D eigenvalue weighted by molar-refractivity contribution is 7.90. The van der Waals surface area contributed by atoms with Crippen LogP contribution in [0.2, 0.25) is 0 Å². The Labute approximate surface area is 203 Å². The molecular formula is C25H24N4O5S. The van der Waals surface area contributed by atoms with Crippen molar-refractivity contribution in [1.82, 2.24) is 18.8 Å². The van der Waals surface area contributed by atoms with Crippen LogP contribution in [0.15, 0.2) is 72.0 Å². The van der Waals surface area contributed by atoms with Crippen LogP contribution in [0.5, 0.6) is 5.88 Å². The van der Waals surface area contributed by atoms with Crippen molar-refractivity contribution in [2.45, 2.75) is 18.7 Å². The van der Waals surface area contributed by atoms with E-state index in [0.29, 0.717) is 24.0 Å². The summed E-state index contributed by atoms with van der Waals surface area (Å²) in [6.45, 7) is 4.47. The smallest absolute Gasteiger partial charge is 0.268 e. The molecule has 0 spiro atoms. The predicted molar refractivity (Wildman–Crippen MR) is 130 cm³/mol. The lowest BCUT2D eigenvalue weighted by Gasteiger charge is -2.21. The van der Waals surface area contributed by atoms with Crippen LogP contribution in [-0.4, -0.2) is 59.1 Å². The molecule has 0 saturated carbocycles. The average molecular weight is 493 g/mol. The van der Waals surface area contributed by atoms with Crippen molar-refractivity contribution >= 4 is 32.6 Å². The summed E-state index contributed by atoms with van der Waals surface area (Å²) in [5, 5.41) is 0.466. The number of aromatic nitrogens is 3. The van der Waals surface area contributed by atoms with Gasteiger partial charge in [-0.2, -0.15) is 0 Å². The first-order valence-electron chi connectivity index (χ1n) is 11.0. The Balaban J connectivity index is 1.99. The van der Waals surface area contributed by atoms with E-state index in [1.54, 1.807) is 18.2 Å². The van der Waals surface area contributed by atoms with Crippen LogP contribution >= 0.6 is 0 Å². The van der Waals surface area contributed by atoms with E-state index in [4.69, 9.17) is 4.74 Å². The van der Waals surface area contributed by atoms with Crippen LogP contribution in [0.3, 0.4) is 0 Å². The summed E-state index contributed by atoms with van der Waals surface area (Å²) in [4.78, 5) is 37.0. The second-order valence-electron chi connectivity index (χ2n) is 7.60. The summed E-state index contributed by atoms with van der Waals surface area (Å²) in [6.07, 6.45) is 4.29. The van der Waals surface area contributed by atoms with Gasteiger partial charge in [0.1, 0.15) is 11.3 Å². The largest absolute Gasteiger partial charge is 0.480 e. The molecule has 0 aliphatic carbocycles. The highest BCUT2D eigenvalue weighted by atomic mass is 32.2. The van der Waals surface area contributed by atoms with Gasteiger partial charge < -0.3 is 9.64 Å². The van der Waals surface area contributed by atoms with E-state index in [2.05, 4.69) is 9.97 Å². The van der Waals surface area contributed by atoms with Crippen molar-refractivity contribution in [3.05, 3.63) is 83.9 Å². The van der Waals surface area contributed by atoms with Gasteiger partial charge in [-0.05, 0) is 44.2 Å². The zero-order chi connectivity index (χ0) is 25.2. The molecule has 0 N–H and O–H groups in total. The number of amides is 1. The zero-order valence-electron chi connectivity index (χ0n) is 19.5. The quantitative estimate of drug-likeness (QED) is 0.347. The van der Waals surface area contributed by atoms with Gasteiger partial charge >= 0.3 is 0 Å². The molecule has 1 aromatic carbocycles. The Hall–Kier alpha value is -4.05. The molecule has 0 unspecified atom stereocenters. The molecule has 0 saturated heterocycles. The number of hydrogen-bond acceptors (Lipinski definition) is 7. The summed E-state index contributed by atoms with van der Waals surface area (Å²) < 4.78 is 33.7. The summed E-state index contributed by atoms with van der Waals surface area (Å²) in [5.74, 6) is -1.10. The maximum Gasteiger partial charge on any atom is 0.268 e. The molecule has 180 valence electrons. The number of fused-ring (bicyclic) bond motifs is 1. The van der Waals surface area contributed by atoms with Crippen LogP contribution in [-0.2, 0) is 10.0 Å². The normalized spacial score (nSPS) is 11.4. The highest BCUT2D eigenvalue weighted by Gasteiger charge is 2.31. The van der Waals surface area contributed by atoms with Crippen molar-refractivity contribution in [3.8, 4) is 5.88 Å². The monoisotopic (exact) mass is 492 g/mol. The molecule has 0 fully saturated rings. The molecule has 4 aromatic rings. The molecule has 3 heterocycles. The molecule has 35 heavy (non-hydrogen) atoms. The number of carbonyl (C=O) groups excluding carboxylic acids is 2. The van der Waals surface area contributed by atoms with E-state index >= 15 is 0 Å². The van der Waals surface area contributed by atoms with Gasteiger partial charge in [-0.1, -0.05) is 18.2 Å². The molecule has 0 aliphatic heterocycles. The fourth-order valence-corrected chi connectivity index (χ4v) is 5.48. The Kier molecular flexibility index (Phi) is 6.65. The zero-order valence-corrected chi connectivity index (χ0v) is 20.3.